The molecule has 0 aliphatic carbocycles. The molecular weight excluding hydrogens is 1040 g/mol. The van der Waals surface area contributed by atoms with Crippen LogP contribution in [0.25, 0.3) is 10.9 Å². The van der Waals surface area contributed by atoms with Crippen molar-refractivity contribution in [2.75, 3.05) is 45.1 Å². The number of alkyl carbamates (subject to hydrolysis) is 1. The molecule has 2 bridgehead atoms. The zero-order chi connectivity index (χ0) is 57.6. The summed E-state index contributed by atoms with van der Waals surface area (Å²) in [4.78, 5) is 142. The van der Waals surface area contributed by atoms with Gasteiger partial charge in [-0.3, -0.25) is 43.2 Å². The Hall–Kier alpha value is -6.75. The molecule has 1 saturated heterocycles. The highest BCUT2D eigenvalue weighted by molar-refractivity contribution is 7.91. The monoisotopic (exact) mass is 1120 g/mol. The average Bonchev–Trinajstić information content (AvgIpc) is 3.97. The quantitative estimate of drug-likeness (QED) is 0.0618. The van der Waals surface area contributed by atoms with Crippen molar-refractivity contribution in [1.82, 2.24) is 52.4 Å². The average molecular weight is 1120 g/mol. The standard InChI is InChI=1S/C50H75N11O16S/c1-7-25(2)40-45(71)54-20-38(66)55-34-24-78(75)47-30(29-13-12-28(17-31(29)58-47)76-15-11-9-8-10-14-52-49(74)77-50(4,5)6)18-32(42(68)53-21-39(67)59-40)56-46(72)41(26(3)36(64)23-62)60-44(70)35-16-27(63)22-61(35)48(73)33(19-37(51)65)57-43(34)69/h12-13,17,25-27,32-36,40-41,58,62-64H,7-11,14-16,18-24H2,1-6H3,(H2,51,65)(H,52,74)(H,53,68)(H,54,71)(H,55,66)(H,56,72)(H,57,69)(H,59,67)(H,60,70)/t25-,26-,27?,32?,33-,34?,35?,36-,40-,41-,78+/m0/s1. The van der Waals surface area contributed by atoms with Crippen molar-refractivity contribution in [3.05, 3.63) is 23.8 Å². The minimum atomic E-state index is -2.39. The molecule has 5 rings (SSSR count). The van der Waals surface area contributed by atoms with Gasteiger partial charge in [-0.05, 0) is 51.7 Å². The number of carbonyl (C=O) groups is 10. The molecule has 11 atom stereocenters. The number of hydrogen-bond acceptors (Lipinski definition) is 16. The number of nitrogens with one attached hydrogen (secondary N) is 9. The van der Waals surface area contributed by atoms with Crippen molar-refractivity contribution < 1.29 is 77.3 Å². The lowest BCUT2D eigenvalue weighted by molar-refractivity contribution is -0.144. The van der Waals surface area contributed by atoms with Crippen LogP contribution in [0.15, 0.2) is 23.2 Å². The number of aliphatic hydroxyl groups excluding tert-OH is 3. The molecule has 3 aliphatic rings. The van der Waals surface area contributed by atoms with Gasteiger partial charge >= 0.3 is 6.09 Å². The van der Waals surface area contributed by atoms with E-state index in [2.05, 4.69) is 47.5 Å². The van der Waals surface area contributed by atoms with Crippen molar-refractivity contribution in [3.63, 3.8) is 0 Å². The van der Waals surface area contributed by atoms with Crippen LogP contribution in [0.1, 0.15) is 92.1 Å². The number of aromatic nitrogens is 1. The number of aromatic amines is 1. The van der Waals surface area contributed by atoms with E-state index in [0.717, 1.165) is 17.7 Å². The van der Waals surface area contributed by atoms with E-state index in [9.17, 15) is 67.8 Å². The topological polar surface area (TPSA) is 414 Å². The number of aliphatic hydroxyl groups is 3. The Balaban J connectivity index is 1.62. The summed E-state index contributed by atoms with van der Waals surface area (Å²) in [5.41, 5.74) is 5.35. The highest BCUT2D eigenvalue weighted by atomic mass is 32.2. The van der Waals surface area contributed by atoms with Crippen LogP contribution in [0.5, 0.6) is 5.75 Å². The number of H-pyrrole nitrogens is 1. The lowest BCUT2D eigenvalue weighted by atomic mass is 9.93. The first-order valence-corrected chi connectivity index (χ1v) is 27.4. The first kappa shape index (κ1) is 62.1. The van der Waals surface area contributed by atoms with Gasteiger partial charge in [-0.2, -0.15) is 0 Å². The van der Waals surface area contributed by atoms with Crippen molar-refractivity contribution in [2.24, 2.45) is 17.6 Å². The van der Waals surface area contributed by atoms with Crippen LogP contribution in [-0.4, -0.2) is 188 Å². The van der Waals surface area contributed by atoms with Crippen LogP contribution in [0.3, 0.4) is 0 Å². The Kier molecular flexibility index (Phi) is 22.5. The molecule has 1 aromatic carbocycles. The van der Waals surface area contributed by atoms with Crippen LogP contribution < -0.4 is 53.0 Å². The second kappa shape index (κ2) is 28.2. The highest BCUT2D eigenvalue weighted by Gasteiger charge is 2.45. The molecule has 0 radical (unpaired) electrons. The SMILES string of the molecule is CC[C@H](C)[C@@H]1NC(=O)CNC(=O)C2Cc3c([nH]c4cc(OCCCCCCNC(=O)OC(C)(C)C)ccc34)[S@+]([O-])CC(NC(=O)CNC1=O)C(=O)N[C@@H](CC(N)=O)C(=O)N1CC(O)CC1C(=O)N[C@@H]([C@@H](C)[C@@H](O)CO)C(=O)N2. The summed E-state index contributed by atoms with van der Waals surface area (Å²) >= 11 is -2.39. The normalized spacial score (nSPS) is 25.6. The van der Waals surface area contributed by atoms with Crippen LogP contribution in [0, 0.1) is 11.8 Å². The van der Waals surface area contributed by atoms with Gasteiger partial charge in [0.25, 0.3) is 0 Å². The van der Waals surface area contributed by atoms with Gasteiger partial charge in [0.1, 0.15) is 47.3 Å². The van der Waals surface area contributed by atoms with E-state index in [-0.39, 0.29) is 17.2 Å². The van der Waals surface area contributed by atoms with Crippen LogP contribution in [0.4, 0.5) is 4.79 Å². The molecule has 0 spiro atoms. The maximum atomic E-state index is 15.0. The Morgan fingerprint density at radius 3 is 2.22 bits per heavy atom. The molecular formula is C50H75N11O16S. The van der Waals surface area contributed by atoms with Gasteiger partial charge in [-0.1, -0.05) is 40.0 Å². The Labute approximate surface area is 453 Å². The van der Waals surface area contributed by atoms with Crippen molar-refractivity contribution in [1.29, 1.82) is 0 Å². The lowest BCUT2D eigenvalue weighted by Crippen LogP contribution is -2.62. The van der Waals surface area contributed by atoms with E-state index in [4.69, 9.17) is 15.2 Å². The van der Waals surface area contributed by atoms with Gasteiger partial charge in [0, 0.05) is 60.0 Å². The summed E-state index contributed by atoms with van der Waals surface area (Å²) in [6, 6.07) is -5.23. The van der Waals surface area contributed by atoms with E-state index >= 15 is 0 Å². The molecule has 4 heterocycles. The molecule has 28 heteroatoms. The fourth-order valence-electron chi connectivity index (χ4n) is 9.06. The minimum Gasteiger partial charge on any atom is -0.610 e. The van der Waals surface area contributed by atoms with Crippen molar-refractivity contribution >= 4 is 81.3 Å². The third-order valence-corrected chi connectivity index (χ3v) is 15.0. The summed E-state index contributed by atoms with van der Waals surface area (Å²) in [6.45, 7) is 7.77. The molecule has 27 nitrogen and oxygen atoms in total. The first-order chi connectivity index (χ1) is 36.8. The molecule has 1 fully saturated rings. The number of rotatable bonds is 15. The van der Waals surface area contributed by atoms with E-state index in [1.165, 1.54) is 6.92 Å². The molecule has 432 valence electrons. The predicted octanol–water partition coefficient (Wildman–Crippen LogP) is -3.16. The highest BCUT2D eigenvalue weighted by Crippen LogP contribution is 2.32. The number of benzene rings is 1. The summed E-state index contributed by atoms with van der Waals surface area (Å²) in [7, 11) is 0. The number of carbonyl (C=O) groups excluding carboxylic acids is 10. The number of primary amides is 1. The molecule has 1 aromatic heterocycles. The third kappa shape index (κ3) is 17.4. The number of ether oxygens (including phenoxy) is 2. The van der Waals surface area contributed by atoms with E-state index in [1.54, 1.807) is 52.8 Å². The number of fused-ring (bicyclic) bond motifs is 5. The third-order valence-electron chi connectivity index (χ3n) is 13.5. The maximum Gasteiger partial charge on any atom is 0.407 e. The van der Waals surface area contributed by atoms with Gasteiger partial charge in [-0.15, -0.1) is 0 Å². The van der Waals surface area contributed by atoms with Crippen molar-refractivity contribution in [3.8, 4) is 5.75 Å². The largest absolute Gasteiger partial charge is 0.610 e. The number of unbranched alkanes of at least 4 members (excludes halogenated alkanes) is 3. The van der Waals surface area contributed by atoms with Crippen LogP contribution >= 0.6 is 0 Å². The number of amides is 10. The van der Waals surface area contributed by atoms with Gasteiger partial charge < -0.3 is 87.5 Å². The second-order valence-electron chi connectivity index (χ2n) is 20.8. The molecule has 10 amide bonds. The van der Waals surface area contributed by atoms with E-state index in [1.807, 2.05) is 0 Å². The summed E-state index contributed by atoms with van der Waals surface area (Å²) in [5, 5.41) is 52.0. The van der Waals surface area contributed by atoms with Gasteiger partial charge in [0.05, 0.1) is 50.4 Å². The van der Waals surface area contributed by atoms with Gasteiger partial charge in [-0.25, -0.2) is 4.79 Å². The van der Waals surface area contributed by atoms with E-state index in [0.29, 0.717) is 42.5 Å². The molecule has 2 aromatic rings. The molecule has 0 saturated carbocycles. The molecule has 4 unspecified atom stereocenters. The molecule has 78 heavy (non-hydrogen) atoms. The lowest BCUT2D eigenvalue weighted by Gasteiger charge is -2.32. The molecule has 14 N–H and O–H groups in total. The zero-order valence-electron chi connectivity index (χ0n) is 44.7. The van der Waals surface area contributed by atoms with E-state index < -0.39 is 188 Å². The smallest absolute Gasteiger partial charge is 0.407 e. The van der Waals surface area contributed by atoms with Gasteiger partial charge in [0.2, 0.25) is 58.2 Å². The predicted molar refractivity (Wildman–Crippen MR) is 279 cm³/mol. The Bertz CT molecular complexity index is 2520. The Morgan fingerprint density at radius 1 is 0.872 bits per heavy atom. The number of hydrogen-bond donors (Lipinski definition) is 13. The maximum absolute atomic E-state index is 15.0. The molecule has 3 aliphatic heterocycles. The second-order valence-corrected chi connectivity index (χ2v) is 22.3. The fourth-order valence-corrected chi connectivity index (χ4v) is 10.5. The number of nitrogens with two attached hydrogens (primary N) is 1. The van der Waals surface area contributed by atoms with Crippen LogP contribution in [-0.2, 0) is 65.5 Å². The fraction of sp³-hybridized carbons (Fsp3) is 0.640. The zero-order valence-corrected chi connectivity index (χ0v) is 45.5. The van der Waals surface area contributed by atoms with Gasteiger partial charge in [0.15, 0.2) is 6.04 Å². The van der Waals surface area contributed by atoms with Crippen LogP contribution in [0.2, 0.25) is 0 Å². The summed E-state index contributed by atoms with van der Waals surface area (Å²) < 4.78 is 26.3. The van der Waals surface area contributed by atoms with Crippen molar-refractivity contribution in [2.45, 2.75) is 152 Å². The Morgan fingerprint density at radius 2 is 1.55 bits per heavy atom. The number of nitrogens with zero attached hydrogens (tertiary/aromatic N) is 1. The minimum absolute atomic E-state index is 0.123. The first-order valence-electron chi connectivity index (χ1n) is 26.0. The summed E-state index contributed by atoms with van der Waals surface area (Å²) in [5.74, 6) is -11.4. The summed E-state index contributed by atoms with van der Waals surface area (Å²) in [6.07, 6.45) is -2.11.